The highest BCUT2D eigenvalue weighted by Gasteiger charge is 2.28. The molecular weight excluding hydrogens is 278 g/mol. The summed E-state index contributed by atoms with van der Waals surface area (Å²) in [4.78, 5) is 23.2. The largest absolute Gasteiger partial charge is 0.478 e. The van der Waals surface area contributed by atoms with Crippen LogP contribution in [0.4, 0.5) is 9.80 Å². The number of hydrogen-bond donors (Lipinski definition) is 2. The van der Waals surface area contributed by atoms with Gasteiger partial charge in [-0.05, 0) is 37.1 Å². The molecule has 1 amide bonds. The molecule has 5 nitrogen and oxygen atoms in total. The number of nitrogens with one attached hydrogen (secondary N) is 1. The fourth-order valence-corrected chi connectivity index (χ4v) is 2.77. The van der Waals surface area contributed by atoms with Crippen LogP contribution >= 0.6 is 11.3 Å². The topological polar surface area (TPSA) is 75.6 Å². The van der Waals surface area contributed by atoms with Gasteiger partial charge in [0.15, 0.2) is 0 Å². The highest BCUT2D eigenvalue weighted by Crippen LogP contribution is 2.36. The number of rotatable bonds is 2. The zero-order valence-electron chi connectivity index (χ0n) is 12.7. The lowest BCUT2D eigenvalue weighted by Crippen LogP contribution is -2.27. The van der Waals surface area contributed by atoms with Gasteiger partial charge in [0.05, 0.1) is 5.56 Å². The molecule has 0 bridgehead atoms. The summed E-state index contributed by atoms with van der Waals surface area (Å²) >= 11 is 1.19. The first-order valence-corrected chi connectivity index (χ1v) is 7.15. The van der Waals surface area contributed by atoms with Crippen molar-refractivity contribution in [3.63, 3.8) is 0 Å². The lowest BCUT2D eigenvalue weighted by Gasteiger charge is -2.20. The van der Waals surface area contributed by atoms with Gasteiger partial charge in [-0.2, -0.15) is 0 Å². The first-order chi connectivity index (χ1) is 8.92. The van der Waals surface area contributed by atoms with Gasteiger partial charge in [0.25, 0.3) is 0 Å². The van der Waals surface area contributed by atoms with Crippen molar-refractivity contribution < 1.29 is 19.4 Å². The molecule has 112 valence electrons. The first-order valence-electron chi connectivity index (χ1n) is 6.27. The van der Waals surface area contributed by atoms with E-state index in [-0.39, 0.29) is 11.0 Å². The molecule has 0 aliphatic carbocycles. The second-order valence-corrected chi connectivity index (χ2v) is 7.42. The predicted molar refractivity (Wildman–Crippen MR) is 79.8 cm³/mol. The van der Waals surface area contributed by atoms with Crippen LogP contribution in [-0.4, -0.2) is 22.8 Å². The Bertz CT molecular complexity index is 520. The Kier molecular flexibility index (Phi) is 4.49. The molecule has 0 aromatic carbocycles. The number of ether oxygens (including phenoxy) is 1. The molecule has 0 unspecified atom stereocenters. The van der Waals surface area contributed by atoms with Gasteiger partial charge in [-0.15, -0.1) is 11.3 Å². The Morgan fingerprint density at radius 2 is 1.75 bits per heavy atom. The minimum atomic E-state index is -1.05. The van der Waals surface area contributed by atoms with Gasteiger partial charge in [0.2, 0.25) is 0 Å². The molecule has 0 aliphatic rings. The van der Waals surface area contributed by atoms with Crippen molar-refractivity contribution in [3.05, 3.63) is 16.5 Å². The molecule has 2 N–H and O–H groups in total. The summed E-state index contributed by atoms with van der Waals surface area (Å²) < 4.78 is 5.13. The monoisotopic (exact) mass is 299 g/mol. The fourth-order valence-electron chi connectivity index (χ4n) is 1.61. The van der Waals surface area contributed by atoms with Crippen LogP contribution in [0.1, 0.15) is 57.5 Å². The molecule has 6 heteroatoms. The van der Waals surface area contributed by atoms with Crippen LogP contribution in [0.15, 0.2) is 5.38 Å². The summed E-state index contributed by atoms with van der Waals surface area (Å²) in [6, 6.07) is 0. The van der Waals surface area contributed by atoms with Gasteiger partial charge in [-0.1, -0.05) is 20.8 Å². The van der Waals surface area contributed by atoms with E-state index >= 15 is 0 Å². The zero-order valence-corrected chi connectivity index (χ0v) is 13.5. The van der Waals surface area contributed by atoms with Gasteiger partial charge in [-0.3, -0.25) is 5.32 Å². The lowest BCUT2D eigenvalue weighted by atomic mass is 9.86. The number of anilines is 1. The van der Waals surface area contributed by atoms with Crippen LogP contribution in [0, 0.1) is 0 Å². The molecule has 0 fully saturated rings. The number of hydrogen-bond acceptors (Lipinski definition) is 4. The van der Waals surface area contributed by atoms with Crippen LogP contribution < -0.4 is 5.32 Å². The molecular formula is C14H21NO4S. The van der Waals surface area contributed by atoms with Gasteiger partial charge in [0.1, 0.15) is 10.6 Å². The predicted octanol–water partition coefficient (Wildman–Crippen LogP) is 4.09. The van der Waals surface area contributed by atoms with Crippen LogP contribution in [0.3, 0.4) is 0 Å². The summed E-state index contributed by atoms with van der Waals surface area (Å²) in [7, 11) is 0. The number of carboxylic acids is 1. The summed E-state index contributed by atoms with van der Waals surface area (Å²) in [5.74, 6) is -1.05. The second-order valence-electron chi connectivity index (χ2n) is 6.54. The van der Waals surface area contributed by atoms with Crippen molar-refractivity contribution in [2.24, 2.45) is 0 Å². The minimum absolute atomic E-state index is 0.133. The summed E-state index contributed by atoms with van der Waals surface area (Å²) in [6.07, 6.45) is -0.651. The maximum atomic E-state index is 11.7. The van der Waals surface area contributed by atoms with Crippen molar-refractivity contribution in [1.29, 1.82) is 0 Å². The normalized spacial score (nSPS) is 12.1. The average molecular weight is 299 g/mol. The van der Waals surface area contributed by atoms with E-state index in [0.717, 1.165) is 0 Å². The number of carboxylic acid groups (broad SMARTS) is 1. The molecule has 0 saturated carbocycles. The molecule has 1 aromatic rings. The summed E-state index contributed by atoms with van der Waals surface area (Å²) in [6.45, 7) is 11.0. The Balaban J connectivity index is 3.06. The van der Waals surface area contributed by atoms with E-state index in [4.69, 9.17) is 4.74 Å². The molecule has 1 rings (SSSR count). The maximum absolute atomic E-state index is 11.7. The number of aromatic carboxylic acids is 1. The minimum Gasteiger partial charge on any atom is -0.478 e. The average Bonchev–Trinajstić information content (AvgIpc) is 2.57. The van der Waals surface area contributed by atoms with E-state index < -0.39 is 17.7 Å². The molecule has 0 saturated heterocycles. The standard InChI is InChI=1S/C14H21NO4S/c1-13(2,3)8-7-20-10(9(8)11(16)17)15-12(18)19-14(4,5)6/h7H,1-6H3,(H,15,18)(H,16,17). The summed E-state index contributed by atoms with van der Waals surface area (Å²) in [5.41, 5.74) is -0.107. The third kappa shape index (κ3) is 4.23. The highest BCUT2D eigenvalue weighted by molar-refractivity contribution is 7.15. The summed E-state index contributed by atoms with van der Waals surface area (Å²) in [5, 5.41) is 13.9. The number of carbonyl (C=O) groups excluding carboxylic acids is 1. The van der Waals surface area contributed by atoms with E-state index in [1.165, 1.54) is 11.3 Å². The number of thiophene rings is 1. The smallest absolute Gasteiger partial charge is 0.412 e. The Hall–Kier alpha value is -1.56. The third-order valence-electron chi connectivity index (χ3n) is 2.43. The highest BCUT2D eigenvalue weighted by atomic mass is 32.1. The Morgan fingerprint density at radius 3 is 2.15 bits per heavy atom. The van der Waals surface area contributed by atoms with Crippen LogP contribution in [0.5, 0.6) is 0 Å². The SMILES string of the molecule is CC(C)(C)OC(=O)Nc1scc(C(C)(C)C)c1C(=O)O. The van der Waals surface area contributed by atoms with E-state index in [2.05, 4.69) is 5.32 Å². The van der Waals surface area contributed by atoms with Gasteiger partial charge < -0.3 is 9.84 Å². The number of carbonyl (C=O) groups is 2. The Morgan fingerprint density at radius 1 is 1.20 bits per heavy atom. The molecule has 1 aromatic heterocycles. The van der Waals surface area contributed by atoms with Gasteiger partial charge >= 0.3 is 12.1 Å². The fraction of sp³-hybridized carbons (Fsp3) is 0.571. The van der Waals surface area contributed by atoms with Gasteiger partial charge in [0, 0.05) is 0 Å². The van der Waals surface area contributed by atoms with Crippen LogP contribution in [0.2, 0.25) is 0 Å². The van der Waals surface area contributed by atoms with E-state index in [1.54, 1.807) is 26.2 Å². The third-order valence-corrected chi connectivity index (χ3v) is 3.32. The second kappa shape index (κ2) is 5.44. The molecule has 0 aliphatic heterocycles. The molecule has 0 atom stereocenters. The molecule has 0 spiro atoms. The van der Waals surface area contributed by atoms with Gasteiger partial charge in [-0.25, -0.2) is 9.59 Å². The van der Waals surface area contributed by atoms with Crippen LogP contribution in [-0.2, 0) is 10.2 Å². The quantitative estimate of drug-likeness (QED) is 0.862. The van der Waals surface area contributed by atoms with Crippen LogP contribution in [0.25, 0.3) is 0 Å². The lowest BCUT2D eigenvalue weighted by molar-refractivity contribution is 0.0636. The maximum Gasteiger partial charge on any atom is 0.412 e. The Labute approximate surface area is 123 Å². The van der Waals surface area contributed by atoms with Crippen molar-refractivity contribution in [3.8, 4) is 0 Å². The number of amides is 1. The zero-order chi connectivity index (χ0) is 15.7. The molecule has 1 heterocycles. The first kappa shape index (κ1) is 16.5. The molecule has 20 heavy (non-hydrogen) atoms. The van der Waals surface area contributed by atoms with Crippen molar-refractivity contribution in [2.75, 3.05) is 5.32 Å². The van der Waals surface area contributed by atoms with E-state index in [0.29, 0.717) is 10.6 Å². The molecule has 0 radical (unpaired) electrons. The van der Waals surface area contributed by atoms with E-state index in [1.807, 2.05) is 20.8 Å². The van der Waals surface area contributed by atoms with Crippen molar-refractivity contribution in [1.82, 2.24) is 0 Å². The van der Waals surface area contributed by atoms with Crippen molar-refractivity contribution in [2.45, 2.75) is 52.6 Å². The van der Waals surface area contributed by atoms with E-state index in [9.17, 15) is 14.7 Å². The van der Waals surface area contributed by atoms with Crippen molar-refractivity contribution >= 4 is 28.4 Å².